The van der Waals surface area contributed by atoms with Gasteiger partial charge < -0.3 is 10.1 Å². The average Bonchev–Trinajstić information content (AvgIpc) is 2.37. The van der Waals surface area contributed by atoms with Crippen molar-refractivity contribution in [3.05, 3.63) is 0 Å². The Labute approximate surface area is 123 Å². The fourth-order valence-electron chi connectivity index (χ4n) is 3.32. The van der Waals surface area contributed by atoms with Crippen molar-refractivity contribution in [2.24, 2.45) is 11.8 Å². The van der Waals surface area contributed by atoms with Crippen LogP contribution in [0.4, 0.5) is 0 Å². The number of ether oxygens (including phenoxy) is 1. The van der Waals surface area contributed by atoms with Crippen molar-refractivity contribution < 1.29 is 9.53 Å². The fraction of sp³-hybridized carbons (Fsp3) is 0.938. The normalized spacial score (nSPS) is 32.9. The third kappa shape index (κ3) is 4.45. The Morgan fingerprint density at radius 3 is 2.70 bits per heavy atom. The Morgan fingerprint density at radius 1 is 1.30 bits per heavy atom. The standard InChI is InChI=1S/C16H30N2O2/c1-12-6-5-7-18(11-12)14-8-13(9-17-10-14)15(19)20-16(2,3)4/h12-14,17H,5-11H2,1-4H3/t12-,13+,14-/m1/s1. The lowest BCUT2D eigenvalue weighted by Gasteiger charge is -2.41. The lowest BCUT2D eigenvalue weighted by molar-refractivity contribution is -0.161. The SMILES string of the molecule is C[C@@H]1CCCN([C@H]2CNC[C@@H](C(=O)OC(C)(C)C)C2)C1. The minimum absolute atomic E-state index is 0.00482. The maximum Gasteiger partial charge on any atom is 0.310 e. The highest BCUT2D eigenvalue weighted by Crippen LogP contribution is 2.24. The van der Waals surface area contributed by atoms with E-state index in [0.717, 1.165) is 25.4 Å². The second-order valence-electron chi connectivity index (χ2n) is 7.52. The summed E-state index contributed by atoms with van der Waals surface area (Å²) in [6.45, 7) is 12.3. The second kappa shape index (κ2) is 6.44. The molecule has 0 aromatic rings. The van der Waals surface area contributed by atoms with Crippen molar-refractivity contribution in [3.63, 3.8) is 0 Å². The number of likely N-dealkylation sites (tertiary alicyclic amines) is 1. The van der Waals surface area contributed by atoms with Crippen molar-refractivity contribution in [2.45, 2.75) is 58.6 Å². The van der Waals surface area contributed by atoms with Crippen molar-refractivity contribution in [2.75, 3.05) is 26.2 Å². The monoisotopic (exact) mass is 282 g/mol. The lowest BCUT2D eigenvalue weighted by atomic mass is 9.91. The zero-order valence-electron chi connectivity index (χ0n) is 13.4. The van der Waals surface area contributed by atoms with Crippen LogP contribution in [-0.4, -0.2) is 48.7 Å². The van der Waals surface area contributed by atoms with E-state index in [1.165, 1.54) is 25.9 Å². The van der Waals surface area contributed by atoms with Crippen molar-refractivity contribution in [3.8, 4) is 0 Å². The highest BCUT2D eigenvalue weighted by atomic mass is 16.6. The van der Waals surface area contributed by atoms with E-state index in [1.54, 1.807) is 0 Å². The molecule has 0 spiro atoms. The first-order valence-electron chi connectivity index (χ1n) is 8.03. The van der Waals surface area contributed by atoms with Gasteiger partial charge >= 0.3 is 5.97 Å². The van der Waals surface area contributed by atoms with Gasteiger partial charge in [-0.2, -0.15) is 0 Å². The molecular formula is C16H30N2O2. The summed E-state index contributed by atoms with van der Waals surface area (Å²) in [6, 6.07) is 0.490. The summed E-state index contributed by atoms with van der Waals surface area (Å²) < 4.78 is 5.54. The summed E-state index contributed by atoms with van der Waals surface area (Å²) in [5, 5.41) is 3.42. The van der Waals surface area contributed by atoms with Crippen molar-refractivity contribution in [1.29, 1.82) is 0 Å². The van der Waals surface area contributed by atoms with Crippen LogP contribution in [0.3, 0.4) is 0 Å². The molecule has 2 rings (SSSR count). The molecule has 4 heteroatoms. The van der Waals surface area contributed by atoms with Crippen molar-refractivity contribution >= 4 is 5.97 Å². The third-order valence-electron chi connectivity index (χ3n) is 4.27. The molecule has 0 bridgehead atoms. The first kappa shape index (κ1) is 15.8. The molecule has 2 saturated heterocycles. The number of piperidine rings is 2. The molecule has 2 heterocycles. The number of carbonyl (C=O) groups is 1. The molecule has 0 unspecified atom stereocenters. The van der Waals surface area contributed by atoms with E-state index in [-0.39, 0.29) is 17.5 Å². The molecule has 4 nitrogen and oxygen atoms in total. The Morgan fingerprint density at radius 2 is 2.05 bits per heavy atom. The molecule has 2 aliphatic heterocycles. The summed E-state index contributed by atoms with van der Waals surface area (Å²) in [4.78, 5) is 14.8. The summed E-state index contributed by atoms with van der Waals surface area (Å²) in [5.74, 6) is 0.746. The van der Waals surface area contributed by atoms with Crippen LogP contribution in [0.1, 0.15) is 47.0 Å². The Hall–Kier alpha value is -0.610. The molecule has 2 fully saturated rings. The molecular weight excluding hydrogens is 252 g/mol. The van der Waals surface area contributed by atoms with Crippen LogP contribution in [-0.2, 0) is 9.53 Å². The highest BCUT2D eigenvalue weighted by Gasteiger charge is 2.34. The van der Waals surface area contributed by atoms with Crippen LogP contribution in [0, 0.1) is 11.8 Å². The summed E-state index contributed by atoms with van der Waals surface area (Å²) in [7, 11) is 0. The molecule has 20 heavy (non-hydrogen) atoms. The van der Waals surface area contributed by atoms with Gasteiger partial charge in [0.05, 0.1) is 5.92 Å². The molecule has 0 aliphatic carbocycles. The Kier molecular flexibility index (Phi) is 5.08. The highest BCUT2D eigenvalue weighted by molar-refractivity contribution is 5.73. The molecule has 116 valence electrons. The number of esters is 1. The van der Waals surface area contributed by atoms with Gasteiger partial charge in [0, 0.05) is 25.7 Å². The number of hydrogen-bond acceptors (Lipinski definition) is 4. The van der Waals surface area contributed by atoms with Gasteiger partial charge in [0.25, 0.3) is 0 Å². The first-order chi connectivity index (χ1) is 9.35. The van der Waals surface area contributed by atoms with E-state index in [2.05, 4.69) is 17.1 Å². The lowest BCUT2D eigenvalue weighted by Crippen LogP contribution is -2.53. The van der Waals surface area contributed by atoms with Gasteiger partial charge in [-0.1, -0.05) is 6.92 Å². The number of carbonyl (C=O) groups excluding carboxylic acids is 1. The molecule has 0 radical (unpaired) electrons. The number of nitrogens with zero attached hydrogens (tertiary/aromatic N) is 1. The molecule has 3 atom stereocenters. The maximum atomic E-state index is 12.2. The number of rotatable bonds is 2. The Balaban J connectivity index is 1.89. The van der Waals surface area contributed by atoms with E-state index in [1.807, 2.05) is 20.8 Å². The van der Waals surface area contributed by atoms with Gasteiger partial charge in [0.15, 0.2) is 0 Å². The van der Waals surface area contributed by atoms with Crippen LogP contribution < -0.4 is 5.32 Å². The minimum atomic E-state index is -0.385. The van der Waals surface area contributed by atoms with E-state index < -0.39 is 0 Å². The third-order valence-corrected chi connectivity index (χ3v) is 4.27. The molecule has 0 aromatic carbocycles. The zero-order valence-corrected chi connectivity index (χ0v) is 13.4. The van der Waals surface area contributed by atoms with Gasteiger partial charge in [0.1, 0.15) is 5.60 Å². The van der Waals surface area contributed by atoms with Gasteiger partial charge in [-0.05, 0) is 52.5 Å². The smallest absolute Gasteiger partial charge is 0.310 e. The van der Waals surface area contributed by atoms with E-state index in [0.29, 0.717) is 6.04 Å². The van der Waals surface area contributed by atoms with E-state index in [9.17, 15) is 4.79 Å². The molecule has 0 saturated carbocycles. The van der Waals surface area contributed by atoms with E-state index >= 15 is 0 Å². The van der Waals surface area contributed by atoms with Crippen molar-refractivity contribution in [1.82, 2.24) is 10.2 Å². The molecule has 2 aliphatic rings. The predicted molar refractivity (Wildman–Crippen MR) is 80.6 cm³/mol. The second-order valence-corrected chi connectivity index (χ2v) is 7.52. The van der Waals surface area contributed by atoms with Gasteiger partial charge in [0.2, 0.25) is 0 Å². The van der Waals surface area contributed by atoms with Crippen LogP contribution >= 0.6 is 0 Å². The Bertz CT molecular complexity index is 338. The summed E-state index contributed by atoms with van der Waals surface area (Å²) >= 11 is 0. The fourth-order valence-corrected chi connectivity index (χ4v) is 3.32. The minimum Gasteiger partial charge on any atom is -0.460 e. The molecule has 0 amide bonds. The quantitative estimate of drug-likeness (QED) is 0.787. The summed E-state index contributed by atoms with van der Waals surface area (Å²) in [5.41, 5.74) is -0.385. The van der Waals surface area contributed by atoms with E-state index in [4.69, 9.17) is 4.74 Å². The van der Waals surface area contributed by atoms with Gasteiger partial charge in [-0.3, -0.25) is 9.69 Å². The number of nitrogens with one attached hydrogen (secondary N) is 1. The zero-order chi connectivity index (χ0) is 14.8. The number of hydrogen-bond donors (Lipinski definition) is 1. The van der Waals surface area contributed by atoms with Crippen LogP contribution in [0.5, 0.6) is 0 Å². The largest absolute Gasteiger partial charge is 0.460 e. The van der Waals surface area contributed by atoms with Gasteiger partial charge in [-0.15, -0.1) is 0 Å². The predicted octanol–water partition coefficient (Wildman–Crippen LogP) is 2.04. The average molecular weight is 282 g/mol. The van der Waals surface area contributed by atoms with Crippen LogP contribution in [0.15, 0.2) is 0 Å². The van der Waals surface area contributed by atoms with Crippen LogP contribution in [0.25, 0.3) is 0 Å². The van der Waals surface area contributed by atoms with Crippen LogP contribution in [0.2, 0.25) is 0 Å². The first-order valence-corrected chi connectivity index (χ1v) is 8.03. The van der Waals surface area contributed by atoms with Gasteiger partial charge in [-0.25, -0.2) is 0 Å². The molecule has 1 N–H and O–H groups in total. The maximum absolute atomic E-state index is 12.2. The molecule has 0 aromatic heterocycles. The topological polar surface area (TPSA) is 41.6 Å². The summed E-state index contributed by atoms with van der Waals surface area (Å²) in [6.07, 6.45) is 3.57.